The van der Waals surface area contributed by atoms with Crippen LogP contribution in [-0.4, -0.2) is 34.5 Å². The summed E-state index contributed by atoms with van der Waals surface area (Å²) in [5.41, 5.74) is 9.64. The number of ether oxygens (including phenoxy) is 1. The predicted molar refractivity (Wildman–Crippen MR) is 132 cm³/mol. The maximum atomic E-state index is 12.5. The smallest absolute Gasteiger partial charge is 0.250 e. The number of nitrogens with one attached hydrogen (secondary N) is 2. The summed E-state index contributed by atoms with van der Waals surface area (Å²) in [7, 11) is 0. The zero-order valence-corrected chi connectivity index (χ0v) is 18.9. The fraction of sp³-hybridized carbons (Fsp3) is 0.280. The molecule has 2 aromatic heterocycles. The van der Waals surface area contributed by atoms with Crippen molar-refractivity contribution in [3.8, 4) is 16.9 Å². The van der Waals surface area contributed by atoms with Crippen molar-refractivity contribution in [1.29, 1.82) is 0 Å². The van der Waals surface area contributed by atoms with Crippen molar-refractivity contribution in [2.75, 3.05) is 25.4 Å². The van der Waals surface area contributed by atoms with Crippen LogP contribution in [-0.2, 0) is 6.54 Å². The molecule has 8 heteroatoms. The van der Waals surface area contributed by atoms with Crippen LogP contribution in [0.4, 0.5) is 5.82 Å². The van der Waals surface area contributed by atoms with Gasteiger partial charge in [0, 0.05) is 17.3 Å². The molecular formula is C25H26ClN5O2. The third kappa shape index (κ3) is 4.74. The highest BCUT2D eigenvalue weighted by Gasteiger charge is 2.17. The van der Waals surface area contributed by atoms with Crippen molar-refractivity contribution < 1.29 is 4.74 Å². The second-order valence-electron chi connectivity index (χ2n) is 8.52. The van der Waals surface area contributed by atoms with Crippen LogP contribution in [0.1, 0.15) is 18.4 Å². The number of nitrogens with two attached hydrogens (primary N) is 1. The van der Waals surface area contributed by atoms with E-state index in [2.05, 4.69) is 15.5 Å². The SMILES string of the molecule is Nc1n[nH]c2cc(-c3ccc(=O)n(Cc4cccc(Cl)c4)c3)cc(OCC3CCNCC3)c12. The summed E-state index contributed by atoms with van der Waals surface area (Å²) in [4.78, 5) is 12.5. The molecule has 1 aliphatic rings. The van der Waals surface area contributed by atoms with Crippen LogP contribution in [0.25, 0.3) is 22.0 Å². The first-order valence-electron chi connectivity index (χ1n) is 11.1. The Balaban J connectivity index is 1.48. The van der Waals surface area contributed by atoms with Crippen molar-refractivity contribution in [3.63, 3.8) is 0 Å². The van der Waals surface area contributed by atoms with Gasteiger partial charge < -0.3 is 20.4 Å². The van der Waals surface area contributed by atoms with Gasteiger partial charge in [0.2, 0.25) is 0 Å². The number of nitrogen functional groups attached to an aromatic ring is 1. The molecule has 170 valence electrons. The van der Waals surface area contributed by atoms with E-state index in [1.54, 1.807) is 10.6 Å². The Morgan fingerprint density at radius 3 is 2.79 bits per heavy atom. The summed E-state index contributed by atoms with van der Waals surface area (Å²) in [6.45, 7) is 3.11. The molecule has 7 nitrogen and oxygen atoms in total. The van der Waals surface area contributed by atoms with Gasteiger partial charge in [0.05, 0.1) is 24.1 Å². The number of hydrogen-bond donors (Lipinski definition) is 3. The molecule has 4 N–H and O–H groups in total. The van der Waals surface area contributed by atoms with E-state index in [1.807, 2.05) is 48.7 Å². The highest BCUT2D eigenvalue weighted by molar-refractivity contribution is 6.30. The van der Waals surface area contributed by atoms with Gasteiger partial charge in [-0.05, 0) is 78.9 Å². The maximum absolute atomic E-state index is 12.5. The third-order valence-electron chi connectivity index (χ3n) is 6.15. The normalized spacial score (nSPS) is 14.6. The number of fused-ring (bicyclic) bond motifs is 1. The monoisotopic (exact) mass is 463 g/mol. The van der Waals surface area contributed by atoms with Gasteiger partial charge in [-0.1, -0.05) is 23.7 Å². The minimum atomic E-state index is -0.0760. The first-order chi connectivity index (χ1) is 16.1. The summed E-state index contributed by atoms with van der Waals surface area (Å²) in [5, 5.41) is 12.0. The van der Waals surface area contributed by atoms with Crippen LogP contribution in [0.15, 0.2) is 59.5 Å². The number of nitrogens with zero attached hydrogens (tertiary/aromatic N) is 2. The Labute approximate surface area is 196 Å². The number of hydrogen-bond acceptors (Lipinski definition) is 5. The number of anilines is 1. The standard InChI is InChI=1S/C25H26ClN5O2/c26-20-3-1-2-17(10-20)13-31-14-18(4-5-23(31)32)19-11-21-24(25(27)30-29-21)22(12-19)33-15-16-6-8-28-9-7-16/h1-5,10-12,14,16,28H,6-9,13,15H2,(H3,27,29,30). The van der Waals surface area contributed by atoms with E-state index in [9.17, 15) is 4.79 Å². The number of halogens is 1. The Kier molecular flexibility index (Phi) is 6.07. The number of aromatic amines is 1. The molecule has 2 aromatic carbocycles. The second kappa shape index (κ2) is 9.29. The molecule has 0 bridgehead atoms. The van der Waals surface area contributed by atoms with Crippen molar-refractivity contribution in [3.05, 3.63) is 75.7 Å². The second-order valence-corrected chi connectivity index (χ2v) is 8.96. The lowest BCUT2D eigenvalue weighted by molar-refractivity contribution is 0.217. The third-order valence-corrected chi connectivity index (χ3v) is 6.38. The highest BCUT2D eigenvalue weighted by Crippen LogP contribution is 2.35. The molecule has 0 aliphatic carbocycles. The summed E-state index contributed by atoms with van der Waals surface area (Å²) in [6, 6.07) is 14.9. The minimum Gasteiger partial charge on any atom is -0.492 e. The number of benzene rings is 2. The number of rotatable bonds is 6. The molecule has 1 saturated heterocycles. The topological polar surface area (TPSA) is 98.0 Å². The molecule has 1 fully saturated rings. The molecule has 33 heavy (non-hydrogen) atoms. The van der Waals surface area contributed by atoms with Crippen LogP contribution in [0, 0.1) is 5.92 Å². The van der Waals surface area contributed by atoms with Gasteiger partial charge in [0.25, 0.3) is 5.56 Å². The van der Waals surface area contributed by atoms with Crippen molar-refractivity contribution >= 4 is 28.3 Å². The minimum absolute atomic E-state index is 0.0760. The zero-order valence-electron chi connectivity index (χ0n) is 18.2. The van der Waals surface area contributed by atoms with Crippen LogP contribution >= 0.6 is 11.6 Å². The Morgan fingerprint density at radius 2 is 1.97 bits per heavy atom. The highest BCUT2D eigenvalue weighted by atomic mass is 35.5. The van der Waals surface area contributed by atoms with E-state index in [4.69, 9.17) is 22.1 Å². The zero-order chi connectivity index (χ0) is 22.8. The van der Waals surface area contributed by atoms with E-state index >= 15 is 0 Å². The first-order valence-corrected chi connectivity index (χ1v) is 11.5. The van der Waals surface area contributed by atoms with Crippen LogP contribution in [0.5, 0.6) is 5.75 Å². The van der Waals surface area contributed by atoms with E-state index in [-0.39, 0.29) is 5.56 Å². The molecule has 0 spiro atoms. The van der Waals surface area contributed by atoms with E-state index in [0.29, 0.717) is 35.7 Å². The molecule has 3 heterocycles. The van der Waals surface area contributed by atoms with Gasteiger partial charge in [-0.2, -0.15) is 5.10 Å². The molecule has 0 saturated carbocycles. The molecule has 5 rings (SSSR count). The van der Waals surface area contributed by atoms with Crippen molar-refractivity contribution in [2.24, 2.45) is 5.92 Å². The largest absolute Gasteiger partial charge is 0.492 e. The van der Waals surface area contributed by atoms with E-state index < -0.39 is 0 Å². The summed E-state index contributed by atoms with van der Waals surface area (Å²) >= 11 is 6.11. The van der Waals surface area contributed by atoms with Crippen molar-refractivity contribution in [1.82, 2.24) is 20.1 Å². The van der Waals surface area contributed by atoms with Gasteiger partial charge in [0.1, 0.15) is 5.75 Å². The molecule has 0 amide bonds. The average Bonchev–Trinajstić information content (AvgIpc) is 3.20. The van der Waals surface area contributed by atoms with E-state index in [1.165, 1.54) is 0 Å². The van der Waals surface area contributed by atoms with Crippen LogP contribution in [0.2, 0.25) is 5.02 Å². The lowest BCUT2D eigenvalue weighted by Crippen LogP contribution is -2.30. The Bertz CT molecular complexity index is 1340. The quantitative estimate of drug-likeness (QED) is 0.400. The molecule has 0 radical (unpaired) electrons. The number of pyridine rings is 1. The van der Waals surface area contributed by atoms with Crippen LogP contribution < -0.4 is 21.3 Å². The fourth-order valence-electron chi connectivity index (χ4n) is 4.34. The first kappa shape index (κ1) is 21.6. The lowest BCUT2D eigenvalue weighted by Gasteiger charge is -2.23. The van der Waals surface area contributed by atoms with Gasteiger partial charge in [-0.25, -0.2) is 0 Å². The molecule has 0 unspecified atom stereocenters. The summed E-state index contributed by atoms with van der Waals surface area (Å²) in [6.07, 6.45) is 4.05. The molecule has 1 aliphatic heterocycles. The molecule has 4 aromatic rings. The Hall–Kier alpha value is -3.29. The predicted octanol–water partition coefficient (Wildman–Crippen LogP) is 4.05. The van der Waals surface area contributed by atoms with Crippen molar-refractivity contribution in [2.45, 2.75) is 19.4 Å². The molecule has 0 atom stereocenters. The Morgan fingerprint density at radius 1 is 1.12 bits per heavy atom. The lowest BCUT2D eigenvalue weighted by atomic mass is 9.99. The van der Waals surface area contributed by atoms with Crippen LogP contribution in [0.3, 0.4) is 0 Å². The average molecular weight is 464 g/mol. The van der Waals surface area contributed by atoms with Gasteiger partial charge in [-0.15, -0.1) is 0 Å². The summed E-state index contributed by atoms with van der Waals surface area (Å²) in [5.74, 6) is 1.64. The number of aromatic nitrogens is 3. The number of piperidine rings is 1. The van der Waals surface area contributed by atoms with Gasteiger partial charge in [0.15, 0.2) is 5.82 Å². The molecular weight excluding hydrogens is 438 g/mol. The van der Waals surface area contributed by atoms with Gasteiger partial charge in [-0.3, -0.25) is 9.89 Å². The van der Waals surface area contributed by atoms with Gasteiger partial charge >= 0.3 is 0 Å². The number of H-pyrrole nitrogens is 1. The van der Waals surface area contributed by atoms with E-state index in [0.717, 1.165) is 53.5 Å². The summed E-state index contributed by atoms with van der Waals surface area (Å²) < 4.78 is 7.95. The fourth-order valence-corrected chi connectivity index (χ4v) is 4.55. The maximum Gasteiger partial charge on any atom is 0.250 e.